The van der Waals surface area contributed by atoms with Gasteiger partial charge in [-0.1, -0.05) is 85.4 Å². The minimum absolute atomic E-state index is 0.0414. The molecule has 3 aromatic carbocycles. The molecule has 0 fully saturated rings. The molecule has 138 valence electrons. The monoisotopic (exact) mass is 366 g/mol. The number of allylic oxidation sites excluding steroid dienone is 1. The van der Waals surface area contributed by atoms with Crippen molar-refractivity contribution in [1.29, 1.82) is 0 Å². The Morgan fingerprint density at radius 3 is 2.00 bits per heavy atom. The maximum absolute atomic E-state index is 13.4. The van der Waals surface area contributed by atoms with Gasteiger partial charge in [-0.05, 0) is 17.7 Å². The van der Waals surface area contributed by atoms with Crippen molar-refractivity contribution in [3.63, 3.8) is 0 Å². The first kappa shape index (κ1) is 18.1. The summed E-state index contributed by atoms with van der Waals surface area (Å²) in [5.41, 5.74) is 5.16. The highest BCUT2D eigenvalue weighted by atomic mass is 16.1. The van der Waals surface area contributed by atoms with Crippen molar-refractivity contribution in [2.45, 2.75) is 5.92 Å². The van der Waals surface area contributed by atoms with Crippen LogP contribution in [0.5, 0.6) is 0 Å². The lowest BCUT2D eigenvalue weighted by atomic mass is 9.73. The predicted octanol–water partition coefficient (Wildman–Crippen LogP) is 4.97. The van der Waals surface area contributed by atoms with E-state index in [1.165, 1.54) is 0 Å². The van der Waals surface area contributed by atoms with E-state index in [9.17, 15) is 4.79 Å². The number of hydrogen-bond donors (Lipinski definition) is 0. The first-order chi connectivity index (χ1) is 13.7. The minimum atomic E-state index is -0.172. The summed E-state index contributed by atoms with van der Waals surface area (Å²) in [6.45, 7) is 5.14. The SMILES string of the molecule is C=C1C(c2ccccc2)=[N+](C)C[C@@H](C(=O)c2ccccc2)[C@H]1c1ccccc1. The van der Waals surface area contributed by atoms with E-state index in [4.69, 9.17) is 0 Å². The van der Waals surface area contributed by atoms with Crippen molar-refractivity contribution < 1.29 is 9.37 Å². The Kier molecular flexibility index (Phi) is 5.03. The number of carbonyl (C=O) groups excluding carboxylic acids is 1. The zero-order chi connectivity index (χ0) is 19.5. The number of benzene rings is 3. The van der Waals surface area contributed by atoms with Crippen LogP contribution in [-0.4, -0.2) is 29.7 Å². The first-order valence-corrected chi connectivity index (χ1v) is 9.63. The van der Waals surface area contributed by atoms with E-state index in [2.05, 4.69) is 42.5 Å². The molecule has 1 aliphatic heterocycles. The Morgan fingerprint density at radius 1 is 0.857 bits per heavy atom. The topological polar surface area (TPSA) is 20.1 Å². The maximum atomic E-state index is 13.4. The summed E-state index contributed by atoms with van der Waals surface area (Å²) in [5.74, 6) is -0.0374. The Morgan fingerprint density at radius 2 is 1.39 bits per heavy atom. The lowest BCUT2D eigenvalue weighted by molar-refractivity contribution is -0.505. The van der Waals surface area contributed by atoms with Gasteiger partial charge in [0.15, 0.2) is 12.3 Å². The molecule has 2 heteroatoms. The lowest BCUT2D eigenvalue weighted by Crippen LogP contribution is -2.41. The first-order valence-electron chi connectivity index (χ1n) is 9.63. The molecule has 4 rings (SSSR count). The molecule has 1 aliphatic rings. The third kappa shape index (κ3) is 3.34. The van der Waals surface area contributed by atoms with E-state index < -0.39 is 0 Å². The molecule has 0 radical (unpaired) electrons. The predicted molar refractivity (Wildman–Crippen MR) is 114 cm³/mol. The van der Waals surface area contributed by atoms with Crippen LogP contribution in [0.15, 0.2) is 103 Å². The van der Waals surface area contributed by atoms with E-state index in [-0.39, 0.29) is 17.6 Å². The summed E-state index contributed by atoms with van der Waals surface area (Å²) in [6.07, 6.45) is 0. The Hall–Kier alpha value is -3.26. The second-order valence-corrected chi connectivity index (χ2v) is 7.35. The third-order valence-corrected chi connectivity index (χ3v) is 5.54. The number of hydrogen-bond acceptors (Lipinski definition) is 1. The van der Waals surface area contributed by atoms with Gasteiger partial charge < -0.3 is 0 Å². The van der Waals surface area contributed by atoms with Crippen molar-refractivity contribution in [1.82, 2.24) is 0 Å². The minimum Gasteiger partial charge on any atom is -0.294 e. The number of nitrogens with zero attached hydrogens (tertiary/aromatic N) is 1. The molecule has 0 amide bonds. The second kappa shape index (κ2) is 7.77. The molecule has 0 spiro atoms. The van der Waals surface area contributed by atoms with Crippen LogP contribution in [-0.2, 0) is 0 Å². The van der Waals surface area contributed by atoms with E-state index in [1.807, 2.05) is 66.7 Å². The Bertz CT molecular complexity index is 1020. The zero-order valence-corrected chi connectivity index (χ0v) is 16.1. The number of ketones is 1. The van der Waals surface area contributed by atoms with Crippen LogP contribution in [0.1, 0.15) is 27.4 Å². The van der Waals surface area contributed by atoms with Crippen LogP contribution in [0.3, 0.4) is 0 Å². The summed E-state index contributed by atoms with van der Waals surface area (Å²) < 4.78 is 2.18. The van der Waals surface area contributed by atoms with Crippen molar-refractivity contribution >= 4 is 11.5 Å². The molecule has 28 heavy (non-hydrogen) atoms. The number of rotatable bonds is 4. The summed E-state index contributed by atoms with van der Waals surface area (Å²) in [5, 5.41) is 0. The summed E-state index contributed by atoms with van der Waals surface area (Å²) in [6, 6.07) is 30.2. The fraction of sp³-hybridized carbons (Fsp3) is 0.154. The van der Waals surface area contributed by atoms with E-state index >= 15 is 0 Å². The quantitative estimate of drug-likeness (QED) is 0.471. The van der Waals surface area contributed by atoms with Crippen molar-refractivity contribution in [2.24, 2.45) is 5.92 Å². The van der Waals surface area contributed by atoms with Gasteiger partial charge in [-0.15, -0.1) is 0 Å². The summed E-state index contributed by atoms with van der Waals surface area (Å²) >= 11 is 0. The van der Waals surface area contributed by atoms with Gasteiger partial charge in [0.05, 0.1) is 5.92 Å². The normalized spacial score (nSPS) is 19.5. The molecular weight excluding hydrogens is 342 g/mol. The van der Waals surface area contributed by atoms with Crippen LogP contribution in [0, 0.1) is 5.92 Å². The van der Waals surface area contributed by atoms with Gasteiger partial charge in [0, 0.05) is 22.6 Å². The molecular formula is C26H24NO+. The van der Waals surface area contributed by atoms with Crippen molar-refractivity contribution in [3.8, 4) is 0 Å². The van der Waals surface area contributed by atoms with Crippen molar-refractivity contribution in [3.05, 3.63) is 120 Å². The van der Waals surface area contributed by atoms with Gasteiger partial charge in [0.1, 0.15) is 7.05 Å². The highest BCUT2D eigenvalue weighted by molar-refractivity contribution is 6.11. The highest BCUT2D eigenvalue weighted by Crippen LogP contribution is 2.38. The van der Waals surface area contributed by atoms with Crippen LogP contribution < -0.4 is 0 Å². The molecule has 1 heterocycles. The van der Waals surface area contributed by atoms with E-state index in [0.717, 1.165) is 28.0 Å². The fourth-order valence-electron chi connectivity index (χ4n) is 4.27. The van der Waals surface area contributed by atoms with Gasteiger partial charge in [-0.25, -0.2) is 4.58 Å². The van der Waals surface area contributed by atoms with Crippen LogP contribution >= 0.6 is 0 Å². The van der Waals surface area contributed by atoms with Gasteiger partial charge >= 0.3 is 0 Å². The standard InChI is InChI=1S/C26H24NO/c1-19-24(20-12-6-3-7-13-20)23(26(28)22-16-10-5-11-17-22)18-27(2)25(19)21-14-8-4-9-15-21/h3-17,23-24H,1,18H2,2H3/q+1/t23-,24-/m1/s1. The molecule has 0 saturated carbocycles. The molecule has 0 N–H and O–H groups in total. The molecule has 0 bridgehead atoms. The molecule has 3 aromatic rings. The Labute approximate surface area is 166 Å². The highest BCUT2D eigenvalue weighted by Gasteiger charge is 2.42. The van der Waals surface area contributed by atoms with Crippen LogP contribution in [0.4, 0.5) is 0 Å². The fourth-order valence-corrected chi connectivity index (χ4v) is 4.27. The average Bonchev–Trinajstić information content (AvgIpc) is 2.75. The van der Waals surface area contributed by atoms with Gasteiger partial charge in [-0.2, -0.15) is 0 Å². The summed E-state index contributed by atoms with van der Waals surface area (Å²) in [7, 11) is 2.06. The molecule has 0 saturated heterocycles. The Balaban J connectivity index is 1.83. The lowest BCUT2D eigenvalue weighted by Gasteiger charge is -2.31. The van der Waals surface area contributed by atoms with Gasteiger partial charge in [-0.3, -0.25) is 4.79 Å². The maximum Gasteiger partial charge on any atom is 0.210 e. The van der Waals surface area contributed by atoms with E-state index in [0.29, 0.717) is 6.54 Å². The van der Waals surface area contributed by atoms with E-state index in [1.54, 1.807) is 0 Å². The molecule has 0 aromatic heterocycles. The third-order valence-electron chi connectivity index (χ3n) is 5.54. The number of carbonyl (C=O) groups is 1. The van der Waals surface area contributed by atoms with Crippen LogP contribution in [0.2, 0.25) is 0 Å². The molecule has 2 nitrogen and oxygen atoms in total. The summed E-state index contributed by atoms with van der Waals surface area (Å²) in [4.78, 5) is 13.4. The molecule has 0 unspecified atom stereocenters. The molecule has 2 atom stereocenters. The molecule has 0 aliphatic carbocycles. The average molecular weight is 366 g/mol. The van der Waals surface area contributed by atoms with Crippen molar-refractivity contribution in [2.75, 3.05) is 13.6 Å². The van der Waals surface area contributed by atoms with Crippen LogP contribution in [0.25, 0.3) is 0 Å². The largest absolute Gasteiger partial charge is 0.294 e. The number of Topliss-reactive ketones (excluding diaryl/α,β-unsaturated/α-hetero) is 1. The smallest absolute Gasteiger partial charge is 0.210 e. The zero-order valence-electron chi connectivity index (χ0n) is 16.1. The second-order valence-electron chi connectivity index (χ2n) is 7.35. The van der Waals surface area contributed by atoms with Gasteiger partial charge in [0.25, 0.3) is 0 Å². The van der Waals surface area contributed by atoms with Gasteiger partial charge in [0.2, 0.25) is 5.71 Å².